The van der Waals surface area contributed by atoms with E-state index in [1.54, 1.807) is 26.0 Å². The van der Waals surface area contributed by atoms with Gasteiger partial charge in [0.15, 0.2) is 11.5 Å². The molecule has 0 radical (unpaired) electrons. The molecule has 0 N–H and O–H groups in total. The molecule has 1 unspecified atom stereocenters. The largest absolute Gasteiger partial charge is 0.493 e. The monoisotopic (exact) mass is 516 g/mol. The highest BCUT2D eigenvalue weighted by Gasteiger charge is 2.26. The number of carbonyl (C=O) groups is 1. The maximum atomic E-state index is 12.3. The van der Waals surface area contributed by atoms with Crippen LogP contribution in [0.2, 0.25) is 0 Å². The van der Waals surface area contributed by atoms with Crippen LogP contribution in [0.4, 0.5) is 0 Å². The molecule has 2 heterocycles. The zero-order valence-electron chi connectivity index (χ0n) is 21.5. The third kappa shape index (κ3) is 5.25. The quantitative estimate of drug-likeness (QED) is 0.203. The number of ether oxygens (including phenoxy) is 2. The molecule has 3 aromatic carbocycles. The van der Waals surface area contributed by atoms with Gasteiger partial charge >= 0.3 is 0 Å². The molecule has 1 atom stereocenters. The molecule has 7 heteroatoms. The topological polar surface area (TPSA) is 55.2 Å². The third-order valence-electron chi connectivity index (χ3n) is 7.04. The first-order valence-corrected chi connectivity index (χ1v) is 13.7. The second-order valence-electron chi connectivity index (χ2n) is 9.17. The summed E-state index contributed by atoms with van der Waals surface area (Å²) >= 11 is 1.64. The van der Waals surface area contributed by atoms with Gasteiger partial charge in [-0.3, -0.25) is 9.80 Å². The van der Waals surface area contributed by atoms with E-state index in [2.05, 4.69) is 40.1 Å². The van der Waals surface area contributed by atoms with Crippen molar-refractivity contribution >= 4 is 29.0 Å². The molecular formula is C30H32N2O4S. The van der Waals surface area contributed by atoms with Crippen molar-refractivity contribution in [3.05, 3.63) is 77.9 Å². The Labute approximate surface area is 222 Å². The van der Waals surface area contributed by atoms with Crippen LogP contribution in [-0.2, 0) is 11.3 Å². The number of fused-ring (bicyclic) bond motifs is 1. The standard InChI is InChI=1S/C30H32N2O4S/c1-34-27-12-10-23(18-28(27)35-2)29-30(37-3)24-17-22(9-11-26(24)36-29)25(20-33)32-15-13-31(14-16-32)19-21-7-5-4-6-8-21/h4-12,17-18,20,25H,13-16,19H2,1-3H3. The van der Waals surface area contributed by atoms with Gasteiger partial charge in [0, 0.05) is 43.7 Å². The fraction of sp³-hybridized carbons (Fsp3) is 0.300. The minimum atomic E-state index is -0.280. The predicted octanol–water partition coefficient (Wildman–Crippen LogP) is 5.90. The van der Waals surface area contributed by atoms with Crippen molar-refractivity contribution in [1.82, 2.24) is 9.80 Å². The van der Waals surface area contributed by atoms with Gasteiger partial charge < -0.3 is 18.7 Å². The first-order chi connectivity index (χ1) is 18.1. The van der Waals surface area contributed by atoms with Gasteiger partial charge in [-0.15, -0.1) is 11.8 Å². The predicted molar refractivity (Wildman–Crippen MR) is 149 cm³/mol. The number of piperazine rings is 1. The van der Waals surface area contributed by atoms with Crippen LogP contribution in [0, 0.1) is 0 Å². The maximum Gasteiger partial charge on any atom is 0.161 e. The highest BCUT2D eigenvalue weighted by molar-refractivity contribution is 7.99. The number of hydrogen-bond acceptors (Lipinski definition) is 7. The van der Waals surface area contributed by atoms with Gasteiger partial charge in [0.25, 0.3) is 0 Å². The summed E-state index contributed by atoms with van der Waals surface area (Å²) in [5, 5.41) is 1.02. The van der Waals surface area contributed by atoms with E-state index < -0.39 is 0 Å². The zero-order valence-corrected chi connectivity index (χ0v) is 22.3. The number of aldehydes is 1. The van der Waals surface area contributed by atoms with E-state index in [9.17, 15) is 4.79 Å². The average Bonchev–Trinajstić information content (AvgIpc) is 3.32. The van der Waals surface area contributed by atoms with Crippen molar-refractivity contribution in [2.75, 3.05) is 46.7 Å². The number of rotatable bonds is 9. The highest BCUT2D eigenvalue weighted by atomic mass is 32.2. The van der Waals surface area contributed by atoms with Crippen LogP contribution in [0.25, 0.3) is 22.3 Å². The Balaban J connectivity index is 1.38. The summed E-state index contributed by atoms with van der Waals surface area (Å²) in [4.78, 5) is 18.1. The average molecular weight is 517 g/mol. The lowest BCUT2D eigenvalue weighted by atomic mass is 10.0. The van der Waals surface area contributed by atoms with Crippen LogP contribution in [0.3, 0.4) is 0 Å². The molecule has 0 aliphatic carbocycles. The number of furan rings is 1. The molecule has 0 bridgehead atoms. The SMILES string of the molecule is COc1ccc(-c2oc3ccc(C(C=O)N4CCN(Cc5ccccc5)CC4)cc3c2SC)cc1OC. The summed E-state index contributed by atoms with van der Waals surface area (Å²) < 4.78 is 17.2. The second-order valence-corrected chi connectivity index (χ2v) is 9.98. The van der Waals surface area contributed by atoms with Crippen molar-refractivity contribution < 1.29 is 18.7 Å². The minimum Gasteiger partial charge on any atom is -0.493 e. The van der Waals surface area contributed by atoms with Crippen LogP contribution >= 0.6 is 11.8 Å². The van der Waals surface area contributed by atoms with Crippen molar-refractivity contribution in [2.24, 2.45) is 0 Å². The van der Waals surface area contributed by atoms with Crippen LogP contribution in [0.5, 0.6) is 11.5 Å². The van der Waals surface area contributed by atoms with Gasteiger partial charge in [-0.2, -0.15) is 0 Å². The smallest absolute Gasteiger partial charge is 0.161 e. The maximum absolute atomic E-state index is 12.3. The molecule has 1 aliphatic rings. The lowest BCUT2D eigenvalue weighted by Gasteiger charge is -2.37. The van der Waals surface area contributed by atoms with E-state index >= 15 is 0 Å². The van der Waals surface area contributed by atoms with Gasteiger partial charge in [-0.1, -0.05) is 36.4 Å². The van der Waals surface area contributed by atoms with Crippen molar-refractivity contribution in [1.29, 1.82) is 0 Å². The van der Waals surface area contributed by atoms with E-state index in [0.717, 1.165) is 71.8 Å². The van der Waals surface area contributed by atoms with E-state index in [4.69, 9.17) is 13.9 Å². The highest BCUT2D eigenvalue weighted by Crippen LogP contribution is 2.42. The number of carbonyl (C=O) groups excluding carboxylic acids is 1. The zero-order chi connectivity index (χ0) is 25.8. The Bertz CT molecular complexity index is 1360. The first-order valence-electron chi connectivity index (χ1n) is 12.4. The van der Waals surface area contributed by atoms with Crippen LogP contribution in [0.15, 0.2) is 76.0 Å². The Morgan fingerprint density at radius 3 is 2.38 bits per heavy atom. The van der Waals surface area contributed by atoms with E-state index in [0.29, 0.717) is 11.5 Å². The molecule has 1 saturated heterocycles. The fourth-order valence-corrected chi connectivity index (χ4v) is 5.79. The summed E-state index contributed by atoms with van der Waals surface area (Å²) in [6, 6.07) is 22.2. The summed E-state index contributed by atoms with van der Waals surface area (Å²) in [5.74, 6) is 2.12. The molecular weight excluding hydrogens is 484 g/mol. The van der Waals surface area contributed by atoms with Crippen molar-refractivity contribution in [3.8, 4) is 22.8 Å². The molecule has 5 rings (SSSR count). The number of thioether (sulfide) groups is 1. The van der Waals surface area contributed by atoms with E-state index in [1.165, 1.54) is 5.56 Å². The normalized spacial score (nSPS) is 15.5. The summed E-state index contributed by atoms with van der Waals surface area (Å²) in [6.07, 6.45) is 3.12. The minimum absolute atomic E-state index is 0.280. The molecule has 192 valence electrons. The molecule has 0 spiro atoms. The fourth-order valence-electron chi connectivity index (χ4n) is 5.06. The second kappa shape index (κ2) is 11.4. The van der Waals surface area contributed by atoms with Crippen LogP contribution in [-0.4, -0.2) is 62.7 Å². The van der Waals surface area contributed by atoms with Gasteiger partial charge in [-0.25, -0.2) is 0 Å². The van der Waals surface area contributed by atoms with Gasteiger partial charge in [0.2, 0.25) is 0 Å². The Hall–Kier alpha value is -3.26. The number of nitrogens with zero attached hydrogens (tertiary/aromatic N) is 2. The molecule has 4 aromatic rings. The first kappa shape index (κ1) is 25.4. The number of benzene rings is 3. The van der Waals surface area contributed by atoms with Crippen LogP contribution in [0.1, 0.15) is 17.2 Å². The molecule has 6 nitrogen and oxygen atoms in total. The Morgan fingerprint density at radius 2 is 1.70 bits per heavy atom. The molecule has 1 aromatic heterocycles. The Morgan fingerprint density at radius 1 is 0.946 bits per heavy atom. The van der Waals surface area contributed by atoms with Crippen molar-refractivity contribution in [2.45, 2.75) is 17.5 Å². The van der Waals surface area contributed by atoms with E-state index in [-0.39, 0.29) is 6.04 Å². The molecule has 37 heavy (non-hydrogen) atoms. The summed E-state index contributed by atoms with van der Waals surface area (Å²) in [6.45, 7) is 4.52. The summed E-state index contributed by atoms with van der Waals surface area (Å²) in [7, 11) is 3.25. The Kier molecular flexibility index (Phi) is 7.84. The number of hydrogen-bond donors (Lipinski definition) is 0. The molecule has 0 amide bonds. The van der Waals surface area contributed by atoms with Crippen LogP contribution < -0.4 is 9.47 Å². The lowest BCUT2D eigenvalue weighted by Crippen LogP contribution is -2.47. The van der Waals surface area contributed by atoms with E-state index in [1.807, 2.05) is 42.7 Å². The van der Waals surface area contributed by atoms with Crippen molar-refractivity contribution in [3.63, 3.8) is 0 Å². The molecule has 1 fully saturated rings. The molecule has 0 saturated carbocycles. The molecule has 1 aliphatic heterocycles. The van der Waals surface area contributed by atoms with Gasteiger partial charge in [-0.05, 0) is 47.7 Å². The van der Waals surface area contributed by atoms with Gasteiger partial charge in [0.05, 0.1) is 25.2 Å². The lowest BCUT2D eigenvalue weighted by molar-refractivity contribution is -0.113. The summed E-state index contributed by atoms with van der Waals surface area (Å²) in [5.41, 5.74) is 4.04. The van der Waals surface area contributed by atoms with Gasteiger partial charge in [0.1, 0.15) is 17.6 Å². The third-order valence-corrected chi connectivity index (χ3v) is 7.85. The number of methoxy groups -OCH3 is 2.